The summed E-state index contributed by atoms with van der Waals surface area (Å²) >= 11 is 0. The number of fused-ring (bicyclic) bond motifs is 2. The van der Waals surface area contributed by atoms with E-state index in [4.69, 9.17) is 4.74 Å². The summed E-state index contributed by atoms with van der Waals surface area (Å²) in [5, 5.41) is 4.26. The number of nitrogens with zero attached hydrogens (tertiary/aromatic N) is 3. The largest absolute Gasteiger partial charge is 0.444 e. The Balaban J connectivity index is 1.84. The van der Waals surface area contributed by atoms with Gasteiger partial charge >= 0.3 is 6.09 Å². The first-order valence-corrected chi connectivity index (χ1v) is 8.04. The molecule has 1 amide bonds. The van der Waals surface area contributed by atoms with E-state index in [9.17, 15) is 4.79 Å². The highest BCUT2D eigenvalue weighted by atomic mass is 16.6. The topological polar surface area (TPSA) is 47.4 Å². The zero-order valence-electron chi connectivity index (χ0n) is 13.9. The Morgan fingerprint density at radius 1 is 1.36 bits per heavy atom. The predicted octanol–water partition coefficient (Wildman–Crippen LogP) is 3.37. The molecule has 1 aromatic rings. The van der Waals surface area contributed by atoms with Crippen LogP contribution in [0.25, 0.3) is 5.57 Å². The van der Waals surface area contributed by atoms with Crippen molar-refractivity contribution in [1.82, 2.24) is 14.7 Å². The second-order valence-electron chi connectivity index (χ2n) is 7.34. The fourth-order valence-electron chi connectivity index (χ4n) is 3.43. The maximum Gasteiger partial charge on any atom is 0.411 e. The third-order valence-electron chi connectivity index (χ3n) is 4.32. The minimum Gasteiger partial charge on any atom is -0.444 e. The van der Waals surface area contributed by atoms with Gasteiger partial charge in [0.05, 0.1) is 12.2 Å². The lowest BCUT2D eigenvalue weighted by Crippen LogP contribution is -2.52. The first-order valence-electron chi connectivity index (χ1n) is 8.04. The van der Waals surface area contributed by atoms with Crippen LogP contribution in [0.2, 0.25) is 0 Å². The van der Waals surface area contributed by atoms with Gasteiger partial charge in [-0.3, -0.25) is 9.58 Å². The SMILES string of the molecule is Cn1cc(C2=CC3CCCC(C2)N3C(=O)OC(C)(C)C)cn1. The Hall–Kier alpha value is -1.78. The molecule has 3 rings (SSSR count). The summed E-state index contributed by atoms with van der Waals surface area (Å²) in [6.45, 7) is 5.75. The van der Waals surface area contributed by atoms with Crippen molar-refractivity contribution in [2.75, 3.05) is 0 Å². The number of amides is 1. The van der Waals surface area contributed by atoms with Crippen molar-refractivity contribution in [3.05, 3.63) is 24.0 Å². The molecule has 0 saturated carbocycles. The molecule has 0 N–H and O–H groups in total. The Labute approximate surface area is 131 Å². The molecule has 2 aliphatic heterocycles. The summed E-state index contributed by atoms with van der Waals surface area (Å²) in [6.07, 6.45) is 10.1. The minimum absolute atomic E-state index is 0.151. The Bertz CT molecular complexity index is 597. The number of hydrogen-bond acceptors (Lipinski definition) is 3. The van der Waals surface area contributed by atoms with E-state index in [2.05, 4.69) is 11.2 Å². The number of ether oxygens (including phenoxy) is 1. The Morgan fingerprint density at radius 3 is 2.73 bits per heavy atom. The van der Waals surface area contributed by atoms with Crippen molar-refractivity contribution < 1.29 is 9.53 Å². The van der Waals surface area contributed by atoms with Gasteiger partial charge in [-0.05, 0) is 52.0 Å². The van der Waals surface area contributed by atoms with Crippen molar-refractivity contribution >= 4 is 11.7 Å². The molecule has 5 heteroatoms. The zero-order chi connectivity index (χ0) is 15.9. The molecular formula is C17H25N3O2. The van der Waals surface area contributed by atoms with Crippen LogP contribution in [0.15, 0.2) is 18.5 Å². The van der Waals surface area contributed by atoms with E-state index in [-0.39, 0.29) is 18.2 Å². The standard InChI is InChI=1S/C17H25N3O2/c1-17(2,3)22-16(21)20-14-6-5-7-15(20)9-12(8-14)13-10-18-19(4)11-13/h8,10-11,14-15H,5-7,9H2,1-4H3. The van der Waals surface area contributed by atoms with Gasteiger partial charge in [0.15, 0.2) is 0 Å². The van der Waals surface area contributed by atoms with Crippen molar-refractivity contribution in [2.45, 2.75) is 64.1 Å². The summed E-state index contributed by atoms with van der Waals surface area (Å²) in [6, 6.07) is 0.395. The van der Waals surface area contributed by atoms with Gasteiger partial charge in [0, 0.05) is 24.8 Å². The third-order valence-corrected chi connectivity index (χ3v) is 4.32. The molecule has 1 fully saturated rings. The molecule has 2 aliphatic rings. The van der Waals surface area contributed by atoms with E-state index < -0.39 is 5.60 Å². The van der Waals surface area contributed by atoms with E-state index in [1.54, 1.807) is 0 Å². The number of aryl methyl sites for hydroxylation is 1. The maximum atomic E-state index is 12.5. The van der Waals surface area contributed by atoms with Gasteiger partial charge in [-0.25, -0.2) is 4.79 Å². The Morgan fingerprint density at radius 2 is 2.14 bits per heavy atom. The molecule has 1 aromatic heterocycles. The van der Waals surface area contributed by atoms with Crippen molar-refractivity contribution in [1.29, 1.82) is 0 Å². The molecule has 2 unspecified atom stereocenters. The van der Waals surface area contributed by atoms with Crippen LogP contribution in [0.3, 0.4) is 0 Å². The molecule has 22 heavy (non-hydrogen) atoms. The first kappa shape index (κ1) is 15.1. The monoisotopic (exact) mass is 303 g/mol. The van der Waals surface area contributed by atoms with E-state index in [1.807, 2.05) is 49.8 Å². The van der Waals surface area contributed by atoms with Crippen LogP contribution in [0, 0.1) is 0 Å². The highest BCUT2D eigenvalue weighted by Crippen LogP contribution is 2.37. The minimum atomic E-state index is -0.446. The molecule has 0 radical (unpaired) electrons. The smallest absolute Gasteiger partial charge is 0.411 e. The molecular weight excluding hydrogens is 278 g/mol. The summed E-state index contributed by atoms with van der Waals surface area (Å²) < 4.78 is 7.43. The Kier molecular flexibility index (Phi) is 3.75. The van der Waals surface area contributed by atoms with Crippen LogP contribution in [0.5, 0.6) is 0 Å². The fourth-order valence-corrected chi connectivity index (χ4v) is 3.43. The molecule has 2 bridgehead atoms. The van der Waals surface area contributed by atoms with Crippen molar-refractivity contribution in [3.63, 3.8) is 0 Å². The van der Waals surface area contributed by atoms with Crippen molar-refractivity contribution in [2.24, 2.45) is 7.05 Å². The van der Waals surface area contributed by atoms with Gasteiger partial charge in [0.1, 0.15) is 5.60 Å². The van der Waals surface area contributed by atoms with Crippen LogP contribution >= 0.6 is 0 Å². The van der Waals surface area contributed by atoms with Crippen LogP contribution < -0.4 is 0 Å². The lowest BCUT2D eigenvalue weighted by molar-refractivity contribution is 0.0000862. The normalized spacial score (nSPS) is 24.9. The lowest BCUT2D eigenvalue weighted by Gasteiger charge is -2.45. The lowest BCUT2D eigenvalue weighted by atomic mass is 9.84. The first-order chi connectivity index (χ1) is 10.3. The van der Waals surface area contributed by atoms with Crippen LogP contribution in [-0.4, -0.2) is 38.5 Å². The maximum absolute atomic E-state index is 12.5. The molecule has 2 atom stereocenters. The summed E-state index contributed by atoms with van der Waals surface area (Å²) in [5.41, 5.74) is 2.03. The van der Waals surface area contributed by atoms with Gasteiger partial charge < -0.3 is 4.74 Å². The average molecular weight is 303 g/mol. The van der Waals surface area contributed by atoms with Gasteiger partial charge in [-0.2, -0.15) is 5.10 Å². The third kappa shape index (κ3) is 3.03. The van der Waals surface area contributed by atoms with Gasteiger partial charge in [-0.15, -0.1) is 0 Å². The molecule has 1 saturated heterocycles. The molecule has 5 nitrogen and oxygen atoms in total. The fraction of sp³-hybridized carbons (Fsp3) is 0.647. The second-order valence-corrected chi connectivity index (χ2v) is 7.34. The molecule has 0 spiro atoms. The molecule has 0 aromatic carbocycles. The molecule has 120 valence electrons. The van der Waals surface area contributed by atoms with Crippen LogP contribution in [0.1, 0.15) is 52.0 Å². The molecule has 3 heterocycles. The van der Waals surface area contributed by atoms with Gasteiger partial charge in [0.25, 0.3) is 0 Å². The number of aromatic nitrogens is 2. The average Bonchev–Trinajstić information content (AvgIpc) is 2.81. The number of hydrogen-bond donors (Lipinski definition) is 0. The summed E-state index contributed by atoms with van der Waals surface area (Å²) in [5.74, 6) is 0. The highest BCUT2D eigenvalue weighted by Gasteiger charge is 2.39. The number of rotatable bonds is 1. The van der Waals surface area contributed by atoms with Gasteiger partial charge in [0.2, 0.25) is 0 Å². The predicted molar refractivity (Wildman–Crippen MR) is 85.3 cm³/mol. The van der Waals surface area contributed by atoms with Crippen molar-refractivity contribution in [3.8, 4) is 0 Å². The van der Waals surface area contributed by atoms with E-state index in [0.717, 1.165) is 19.3 Å². The summed E-state index contributed by atoms with van der Waals surface area (Å²) in [4.78, 5) is 14.5. The quantitative estimate of drug-likeness (QED) is 0.799. The van der Waals surface area contributed by atoms with E-state index in [1.165, 1.54) is 17.6 Å². The highest BCUT2D eigenvalue weighted by molar-refractivity contribution is 5.74. The van der Waals surface area contributed by atoms with Crippen LogP contribution in [0.4, 0.5) is 4.79 Å². The van der Waals surface area contributed by atoms with E-state index in [0.29, 0.717) is 0 Å². The molecule has 0 aliphatic carbocycles. The van der Waals surface area contributed by atoms with E-state index >= 15 is 0 Å². The number of piperidine rings is 1. The number of carbonyl (C=O) groups excluding carboxylic acids is 1. The van der Waals surface area contributed by atoms with Crippen LogP contribution in [-0.2, 0) is 11.8 Å². The summed E-state index contributed by atoms with van der Waals surface area (Å²) in [7, 11) is 1.93. The second kappa shape index (κ2) is 5.45. The number of carbonyl (C=O) groups is 1. The zero-order valence-corrected chi connectivity index (χ0v) is 13.9. The van der Waals surface area contributed by atoms with Gasteiger partial charge in [-0.1, -0.05) is 6.08 Å².